The smallest absolute Gasteiger partial charge is 0.281 e. The highest BCUT2D eigenvalue weighted by atomic mass is 32.2. The monoisotopic (exact) mass is 1050 g/mol. The van der Waals surface area contributed by atoms with Gasteiger partial charge in [0.1, 0.15) is 29.7 Å². The van der Waals surface area contributed by atoms with Crippen molar-refractivity contribution in [2.24, 2.45) is 0 Å². The van der Waals surface area contributed by atoms with Crippen molar-refractivity contribution in [3.63, 3.8) is 0 Å². The van der Waals surface area contributed by atoms with Crippen LogP contribution in [0.25, 0.3) is 0 Å². The normalized spacial score (nSPS) is 24.0. The minimum Gasteiger partial charge on any atom is -0.477 e. The number of benzene rings is 2. The van der Waals surface area contributed by atoms with E-state index in [0.717, 1.165) is 47.5 Å². The van der Waals surface area contributed by atoms with Gasteiger partial charge in [0.2, 0.25) is 5.95 Å². The molecule has 6 aliphatic rings. The van der Waals surface area contributed by atoms with Crippen molar-refractivity contribution >= 4 is 37.7 Å². The largest absolute Gasteiger partial charge is 0.477 e. The van der Waals surface area contributed by atoms with Crippen molar-refractivity contribution in [2.45, 2.75) is 161 Å². The zero-order chi connectivity index (χ0) is 52.6. The number of ether oxygens (including phenoxy) is 2. The Kier molecular flexibility index (Phi) is 15.6. The average Bonchev–Trinajstić information content (AvgIpc) is 4.27. The molecule has 21 heteroatoms. The first-order valence-electron chi connectivity index (χ1n) is 24.9. The number of β-amino-alcohol motifs (C(OH)–C–C–N with tert-alkyl or cyclic N) is 2. The zero-order valence-corrected chi connectivity index (χ0v) is 43.1. The van der Waals surface area contributed by atoms with E-state index in [-0.39, 0.29) is 22.5 Å². The first kappa shape index (κ1) is 53.9. The number of aliphatic hydroxyl groups is 2. The Morgan fingerprint density at radius 2 is 1.05 bits per heavy atom. The first-order chi connectivity index (χ1) is 34.4. The van der Waals surface area contributed by atoms with Gasteiger partial charge < -0.3 is 29.9 Å². The molecule has 4 saturated carbocycles. The van der Waals surface area contributed by atoms with E-state index in [2.05, 4.69) is 20.0 Å². The van der Waals surface area contributed by atoms with E-state index in [4.69, 9.17) is 14.6 Å². The molecule has 0 bridgehead atoms. The van der Waals surface area contributed by atoms with E-state index < -0.39 is 72.0 Å². The standard InChI is InChI=1S/C26H32FN3O5S.C22H24F2N2O4S.C4H9NO/c1-17-6-11-20(18-7-9-19(27)10-8-18)21(14-17)35-26(12-13-26)24(31)29-36(33,34)23-5-3-4-22(28-23)30-15-25(2,32)16-30;1-14-5-10-17(15-6-8-16(23)9-7-15)18(13-14)30-22(11-12-22)21(27)26-31(28,29)20-4-2-3-19(24)25-20;1-4(6)2-5-3-4/h3-6,11,14,18-19,32H,7-10,12-13,15-16H2,1-2H3,(H,29,31);2-5,10,13,15-16H,6-9,11-12H2,1H3,(H,26,27);5-6H,2-3H2,1H3. The molecule has 4 aromatic rings. The Labute approximate surface area is 425 Å². The van der Waals surface area contributed by atoms with Crippen LogP contribution in [0.1, 0.15) is 125 Å². The summed E-state index contributed by atoms with van der Waals surface area (Å²) >= 11 is 0. The molecule has 73 heavy (non-hydrogen) atoms. The van der Waals surface area contributed by atoms with Crippen molar-refractivity contribution in [1.29, 1.82) is 0 Å². The number of pyridine rings is 2. The number of amides is 2. The fourth-order valence-electron chi connectivity index (χ4n) is 9.49. The van der Waals surface area contributed by atoms with Crippen LogP contribution in [-0.2, 0) is 29.6 Å². The predicted octanol–water partition coefficient (Wildman–Crippen LogP) is 6.66. The lowest BCUT2D eigenvalue weighted by Crippen LogP contribution is -2.60. The maximum Gasteiger partial charge on any atom is 0.281 e. The number of hydrogen-bond donors (Lipinski definition) is 5. The van der Waals surface area contributed by atoms with Crippen molar-refractivity contribution in [2.75, 3.05) is 31.1 Å². The molecule has 2 aromatic heterocycles. The van der Waals surface area contributed by atoms with E-state index in [1.165, 1.54) is 12.1 Å². The van der Waals surface area contributed by atoms with Gasteiger partial charge in [-0.3, -0.25) is 9.59 Å². The van der Waals surface area contributed by atoms with Gasteiger partial charge in [0.25, 0.3) is 31.9 Å². The molecule has 396 valence electrons. The fraction of sp³-hybridized carbons (Fsp3) is 0.538. The third-order valence-corrected chi connectivity index (χ3v) is 16.6. The van der Waals surface area contributed by atoms with Gasteiger partial charge in [-0.25, -0.2) is 28.2 Å². The number of halogens is 3. The van der Waals surface area contributed by atoms with Crippen LogP contribution in [-0.4, -0.2) is 110 Å². The van der Waals surface area contributed by atoms with E-state index in [1.807, 2.05) is 61.9 Å². The second-order valence-electron chi connectivity index (χ2n) is 21.1. The fourth-order valence-corrected chi connectivity index (χ4v) is 11.5. The molecule has 16 nitrogen and oxygen atoms in total. The predicted molar refractivity (Wildman–Crippen MR) is 265 cm³/mol. The Morgan fingerprint density at radius 1 is 0.644 bits per heavy atom. The summed E-state index contributed by atoms with van der Waals surface area (Å²) in [4.78, 5) is 35.3. The summed E-state index contributed by atoms with van der Waals surface area (Å²) in [6.45, 7) is 9.55. The molecule has 0 radical (unpaired) electrons. The summed E-state index contributed by atoms with van der Waals surface area (Å²) in [5, 5.41) is 20.9. The zero-order valence-electron chi connectivity index (χ0n) is 41.5. The number of sulfonamides is 2. The molecule has 4 aliphatic carbocycles. The highest BCUT2D eigenvalue weighted by Gasteiger charge is 2.56. The summed E-state index contributed by atoms with van der Waals surface area (Å²) in [6, 6.07) is 19.4. The van der Waals surface area contributed by atoms with Crippen molar-refractivity contribution < 1.29 is 59.3 Å². The number of aryl methyl sites for hydroxylation is 2. The number of alkyl halides is 2. The highest BCUT2D eigenvalue weighted by molar-refractivity contribution is 7.90. The van der Waals surface area contributed by atoms with Crippen molar-refractivity contribution in [3.05, 3.63) is 101 Å². The van der Waals surface area contributed by atoms with Crippen molar-refractivity contribution in [1.82, 2.24) is 24.7 Å². The third-order valence-electron chi connectivity index (χ3n) is 14.2. The molecule has 5 N–H and O–H groups in total. The van der Waals surface area contributed by atoms with Crippen LogP contribution in [0, 0.1) is 19.8 Å². The molecule has 2 aliphatic heterocycles. The molecule has 2 saturated heterocycles. The Morgan fingerprint density at radius 3 is 1.42 bits per heavy atom. The summed E-state index contributed by atoms with van der Waals surface area (Å²) in [7, 11) is -8.56. The molecule has 10 rings (SSSR count). The maximum atomic E-state index is 13.7. The molecule has 6 fully saturated rings. The number of carbonyl (C=O) groups is 2. The van der Waals surface area contributed by atoms with Crippen molar-refractivity contribution in [3.8, 4) is 11.5 Å². The maximum absolute atomic E-state index is 13.7. The van der Waals surface area contributed by atoms with Crippen LogP contribution < -0.4 is 29.1 Å². The molecule has 0 unspecified atom stereocenters. The number of nitrogens with zero attached hydrogens (tertiary/aromatic N) is 3. The van der Waals surface area contributed by atoms with Crippen LogP contribution in [0.2, 0.25) is 0 Å². The van der Waals surface area contributed by atoms with Gasteiger partial charge in [-0.2, -0.15) is 21.2 Å². The second kappa shape index (κ2) is 21.1. The third kappa shape index (κ3) is 13.3. The number of nitrogens with one attached hydrogen (secondary N) is 3. The van der Waals surface area contributed by atoms with Gasteiger partial charge in [0, 0.05) is 51.9 Å². The average molecular weight is 1060 g/mol. The lowest BCUT2D eigenvalue weighted by atomic mass is 9.82. The Balaban J connectivity index is 0.000000176. The molecular weight excluding hydrogens is 990 g/mol. The minimum atomic E-state index is -4.33. The molecule has 4 heterocycles. The second-order valence-corrected chi connectivity index (χ2v) is 24.4. The van der Waals surface area contributed by atoms with E-state index in [1.54, 1.807) is 24.0 Å². The van der Waals surface area contributed by atoms with Crippen LogP contribution in [0.15, 0.2) is 82.8 Å². The van der Waals surface area contributed by atoms with Crippen LogP contribution in [0.3, 0.4) is 0 Å². The molecule has 0 spiro atoms. The topological polar surface area (TPSA) is 226 Å². The summed E-state index contributed by atoms with van der Waals surface area (Å²) in [6.07, 6.45) is 4.74. The summed E-state index contributed by atoms with van der Waals surface area (Å²) in [5.41, 5.74) is -0.0461. The number of rotatable bonds is 13. The molecular formula is C52H65F3N6O10S2. The molecule has 2 amide bonds. The Hall–Kier alpha value is -5.35. The highest BCUT2D eigenvalue weighted by Crippen LogP contribution is 2.47. The van der Waals surface area contributed by atoms with Gasteiger partial charge in [-0.05, 0) is 150 Å². The first-order valence-corrected chi connectivity index (χ1v) is 27.8. The number of aromatic nitrogens is 2. The van der Waals surface area contributed by atoms with Crippen LogP contribution in [0.5, 0.6) is 11.5 Å². The Bertz CT molecular complexity index is 2890. The number of anilines is 1. The quantitative estimate of drug-likeness (QED) is 0.0884. The lowest BCUT2D eigenvalue weighted by Gasteiger charge is -2.44. The van der Waals surface area contributed by atoms with Crippen LogP contribution >= 0.6 is 0 Å². The van der Waals surface area contributed by atoms with Gasteiger partial charge in [0.15, 0.2) is 21.3 Å². The van der Waals surface area contributed by atoms with E-state index >= 15 is 0 Å². The number of hydrogen-bond acceptors (Lipinski definition) is 14. The van der Waals surface area contributed by atoms with Gasteiger partial charge in [-0.1, -0.05) is 36.4 Å². The van der Waals surface area contributed by atoms with E-state index in [0.29, 0.717) is 107 Å². The lowest BCUT2D eigenvalue weighted by molar-refractivity contribution is -0.128. The minimum absolute atomic E-state index is 0.127. The molecule has 2 aromatic carbocycles. The number of carbonyl (C=O) groups excluding carboxylic acids is 2. The summed E-state index contributed by atoms with van der Waals surface area (Å²) in [5.74, 6) is -0.712. The van der Waals surface area contributed by atoms with Gasteiger partial charge in [0.05, 0.1) is 11.2 Å². The molecule has 0 atom stereocenters. The van der Waals surface area contributed by atoms with E-state index in [9.17, 15) is 44.7 Å². The summed E-state index contributed by atoms with van der Waals surface area (Å²) < 4.78 is 108. The van der Waals surface area contributed by atoms with Gasteiger partial charge in [-0.15, -0.1) is 0 Å². The SMILES string of the molecule is CC1(O)CNC1.Cc1ccc(C2CCC(F)CC2)c(OC2(C(=O)NS(=O)(=O)c3cccc(F)n3)CC2)c1.Cc1ccc(C2CCC(F)CC2)c(OC2(C(=O)NS(=O)(=O)c3cccc(N4CC(C)(O)C4)n3)CC2)c1. The van der Waals surface area contributed by atoms with Crippen LogP contribution in [0.4, 0.5) is 19.0 Å². The van der Waals surface area contributed by atoms with Gasteiger partial charge >= 0.3 is 0 Å².